The van der Waals surface area contributed by atoms with Crippen molar-refractivity contribution >= 4 is 28.7 Å². The number of H-pyrrole nitrogens is 1. The molecule has 0 unspecified atom stereocenters. The lowest BCUT2D eigenvalue weighted by atomic mass is 10.2. The predicted molar refractivity (Wildman–Crippen MR) is 116 cm³/mol. The molecule has 0 amide bonds. The maximum Gasteiger partial charge on any atom is 0.192 e. The number of benzene rings is 1. The molecule has 28 heavy (non-hydrogen) atoms. The fraction of sp³-hybridized carbons (Fsp3) is 0.476. The zero-order valence-electron chi connectivity index (χ0n) is 17.2. The van der Waals surface area contributed by atoms with Crippen molar-refractivity contribution in [3.63, 3.8) is 0 Å². The number of nitrogens with zero attached hydrogens (tertiary/aromatic N) is 4. The van der Waals surface area contributed by atoms with Crippen molar-refractivity contribution in [2.75, 3.05) is 31.2 Å². The van der Waals surface area contributed by atoms with Gasteiger partial charge in [0.2, 0.25) is 0 Å². The number of aromatic nitrogens is 4. The molecule has 0 radical (unpaired) electrons. The number of rotatable bonds is 5. The van der Waals surface area contributed by atoms with E-state index in [4.69, 9.17) is 9.72 Å². The van der Waals surface area contributed by atoms with Crippen LogP contribution in [0, 0.1) is 6.92 Å². The smallest absolute Gasteiger partial charge is 0.192 e. The Balaban J connectivity index is 0.00000109. The van der Waals surface area contributed by atoms with Gasteiger partial charge >= 0.3 is 0 Å². The zero-order chi connectivity index (χ0) is 19.9. The second-order valence-electron chi connectivity index (χ2n) is 6.44. The molecule has 1 aliphatic rings. The van der Waals surface area contributed by atoms with E-state index in [1.165, 1.54) is 11.1 Å². The molecular formula is C21H29N5OS. The summed E-state index contributed by atoms with van der Waals surface area (Å²) in [6.07, 6.45) is 0.852. The van der Waals surface area contributed by atoms with Crippen LogP contribution < -0.4 is 4.90 Å². The number of thioether (sulfide) groups is 1. The van der Waals surface area contributed by atoms with Crippen LogP contribution in [0.1, 0.15) is 37.7 Å². The topological polar surface area (TPSA) is 66.9 Å². The standard InChI is InChI=1S/C19H23N5OS.C2H6/c1-3-15-20-16-17(21-15)22-19(23-18(16)24-8-10-25-11-9-24)26-12-14-6-4-13(2)5-7-14;1-2/h4-7H,3,8-12H2,1-2H3,(H,20,21,22,23);1-2H3. The van der Waals surface area contributed by atoms with Gasteiger partial charge in [0, 0.05) is 25.3 Å². The first kappa shape index (κ1) is 20.6. The molecule has 0 aliphatic carbocycles. The molecule has 1 saturated heterocycles. The second-order valence-corrected chi connectivity index (χ2v) is 7.38. The van der Waals surface area contributed by atoms with Crippen LogP contribution >= 0.6 is 11.8 Å². The Morgan fingerprint density at radius 3 is 2.46 bits per heavy atom. The van der Waals surface area contributed by atoms with Gasteiger partial charge in [0.25, 0.3) is 0 Å². The summed E-state index contributed by atoms with van der Waals surface area (Å²) in [6, 6.07) is 8.60. The summed E-state index contributed by atoms with van der Waals surface area (Å²) in [7, 11) is 0. The Morgan fingerprint density at radius 2 is 1.79 bits per heavy atom. The molecule has 0 spiro atoms. The van der Waals surface area contributed by atoms with E-state index < -0.39 is 0 Å². The predicted octanol–water partition coefficient (Wildman–Crippen LogP) is 4.38. The van der Waals surface area contributed by atoms with E-state index in [0.29, 0.717) is 0 Å². The highest BCUT2D eigenvalue weighted by atomic mass is 32.2. The molecule has 1 aromatic carbocycles. The Kier molecular flexibility index (Phi) is 7.28. The van der Waals surface area contributed by atoms with E-state index in [-0.39, 0.29) is 0 Å². The van der Waals surface area contributed by atoms with Crippen molar-refractivity contribution in [1.82, 2.24) is 19.9 Å². The largest absolute Gasteiger partial charge is 0.378 e. The maximum absolute atomic E-state index is 5.49. The number of hydrogen-bond acceptors (Lipinski definition) is 6. The second kappa shape index (κ2) is 9.89. The molecule has 3 aromatic rings. The summed E-state index contributed by atoms with van der Waals surface area (Å²) in [5.74, 6) is 2.74. The summed E-state index contributed by atoms with van der Waals surface area (Å²) in [6.45, 7) is 11.3. The van der Waals surface area contributed by atoms with E-state index in [9.17, 15) is 0 Å². The van der Waals surface area contributed by atoms with Gasteiger partial charge in [-0.3, -0.25) is 0 Å². The van der Waals surface area contributed by atoms with Crippen molar-refractivity contribution in [2.45, 2.75) is 45.0 Å². The fourth-order valence-corrected chi connectivity index (χ4v) is 3.77. The molecule has 1 fully saturated rings. The van der Waals surface area contributed by atoms with Crippen LogP contribution in [-0.2, 0) is 16.9 Å². The van der Waals surface area contributed by atoms with Crippen LogP contribution in [-0.4, -0.2) is 46.2 Å². The molecular weight excluding hydrogens is 370 g/mol. The molecule has 3 heterocycles. The highest BCUT2D eigenvalue weighted by Crippen LogP contribution is 2.28. The average Bonchev–Trinajstić information content (AvgIpc) is 3.18. The number of imidazole rings is 1. The van der Waals surface area contributed by atoms with Crippen LogP contribution in [0.25, 0.3) is 11.2 Å². The number of ether oxygens (including phenoxy) is 1. The first-order chi connectivity index (χ1) is 13.7. The van der Waals surface area contributed by atoms with Crippen LogP contribution in [0.4, 0.5) is 5.82 Å². The molecule has 2 aromatic heterocycles. The summed E-state index contributed by atoms with van der Waals surface area (Å²) in [5.41, 5.74) is 4.23. The average molecular weight is 400 g/mol. The van der Waals surface area contributed by atoms with Gasteiger partial charge < -0.3 is 14.6 Å². The van der Waals surface area contributed by atoms with Gasteiger partial charge in [0.15, 0.2) is 16.6 Å². The molecule has 6 nitrogen and oxygen atoms in total. The third kappa shape index (κ3) is 4.83. The molecule has 1 aliphatic heterocycles. The van der Waals surface area contributed by atoms with E-state index in [0.717, 1.165) is 66.4 Å². The summed E-state index contributed by atoms with van der Waals surface area (Å²) in [5, 5.41) is 0.772. The molecule has 1 N–H and O–H groups in total. The molecule has 0 saturated carbocycles. The molecule has 150 valence electrons. The molecule has 7 heteroatoms. The number of morpholine rings is 1. The molecule has 4 rings (SSSR count). The monoisotopic (exact) mass is 399 g/mol. The normalized spacial score (nSPS) is 14.1. The Hall–Kier alpha value is -2.12. The minimum atomic E-state index is 0.728. The van der Waals surface area contributed by atoms with Gasteiger partial charge in [-0.1, -0.05) is 62.4 Å². The van der Waals surface area contributed by atoms with Crippen LogP contribution in [0.2, 0.25) is 0 Å². The van der Waals surface area contributed by atoms with Crippen LogP contribution in [0.3, 0.4) is 0 Å². The number of fused-ring (bicyclic) bond motifs is 1. The first-order valence-electron chi connectivity index (χ1n) is 10.0. The third-order valence-electron chi connectivity index (χ3n) is 4.49. The quantitative estimate of drug-likeness (QED) is 0.507. The van der Waals surface area contributed by atoms with Gasteiger partial charge in [-0.2, -0.15) is 0 Å². The van der Waals surface area contributed by atoms with Gasteiger partial charge in [-0.25, -0.2) is 15.0 Å². The van der Waals surface area contributed by atoms with Crippen molar-refractivity contribution in [3.8, 4) is 0 Å². The number of nitrogens with one attached hydrogen (secondary N) is 1. The lowest BCUT2D eigenvalue weighted by Gasteiger charge is -2.28. The summed E-state index contributed by atoms with van der Waals surface area (Å²) < 4.78 is 5.49. The lowest BCUT2D eigenvalue weighted by Crippen LogP contribution is -2.37. The minimum absolute atomic E-state index is 0.728. The lowest BCUT2D eigenvalue weighted by molar-refractivity contribution is 0.122. The van der Waals surface area contributed by atoms with Gasteiger partial charge in [0.05, 0.1) is 13.2 Å². The van der Waals surface area contributed by atoms with Gasteiger partial charge in [-0.05, 0) is 12.5 Å². The summed E-state index contributed by atoms with van der Waals surface area (Å²) in [4.78, 5) is 19.8. The van der Waals surface area contributed by atoms with E-state index in [1.54, 1.807) is 11.8 Å². The van der Waals surface area contributed by atoms with Crippen molar-refractivity contribution in [1.29, 1.82) is 0 Å². The highest BCUT2D eigenvalue weighted by molar-refractivity contribution is 7.98. The van der Waals surface area contributed by atoms with Crippen LogP contribution in [0.15, 0.2) is 29.4 Å². The SMILES string of the molecule is CC.CCc1nc2nc(SCc3ccc(C)cc3)nc(N3CCOCC3)c2[nH]1. The maximum atomic E-state index is 5.49. The number of anilines is 1. The zero-order valence-corrected chi connectivity index (χ0v) is 18.0. The Labute approximate surface area is 171 Å². The highest BCUT2D eigenvalue weighted by Gasteiger charge is 2.20. The fourth-order valence-electron chi connectivity index (χ4n) is 2.98. The first-order valence-corrected chi connectivity index (χ1v) is 11.0. The van der Waals surface area contributed by atoms with Crippen molar-refractivity contribution < 1.29 is 4.74 Å². The van der Waals surface area contributed by atoms with E-state index in [1.807, 2.05) is 13.8 Å². The van der Waals surface area contributed by atoms with Gasteiger partial charge in [-0.15, -0.1) is 0 Å². The number of aromatic amines is 1. The van der Waals surface area contributed by atoms with Crippen molar-refractivity contribution in [3.05, 3.63) is 41.2 Å². The summed E-state index contributed by atoms with van der Waals surface area (Å²) >= 11 is 1.66. The Bertz CT molecular complexity index is 888. The third-order valence-corrected chi connectivity index (χ3v) is 5.41. The van der Waals surface area contributed by atoms with E-state index in [2.05, 4.69) is 58.0 Å². The van der Waals surface area contributed by atoms with Gasteiger partial charge in [0.1, 0.15) is 11.3 Å². The van der Waals surface area contributed by atoms with Crippen molar-refractivity contribution in [2.24, 2.45) is 0 Å². The number of hydrogen-bond donors (Lipinski definition) is 1. The Morgan fingerprint density at radius 1 is 1.07 bits per heavy atom. The molecule has 0 bridgehead atoms. The van der Waals surface area contributed by atoms with E-state index >= 15 is 0 Å². The molecule has 0 atom stereocenters. The number of aryl methyl sites for hydroxylation is 2. The van der Waals surface area contributed by atoms with Crippen LogP contribution in [0.5, 0.6) is 0 Å². The minimum Gasteiger partial charge on any atom is -0.378 e.